The van der Waals surface area contributed by atoms with Crippen LogP contribution in [0.5, 0.6) is 0 Å². The van der Waals surface area contributed by atoms with E-state index in [9.17, 15) is 14.7 Å². The highest BCUT2D eigenvalue weighted by Gasteiger charge is 2.47. The van der Waals surface area contributed by atoms with Crippen LogP contribution in [0.2, 0.25) is 0 Å². The zero-order chi connectivity index (χ0) is 13.9. The van der Waals surface area contributed by atoms with Crippen molar-refractivity contribution in [3.05, 3.63) is 48.0 Å². The van der Waals surface area contributed by atoms with Gasteiger partial charge in [0, 0.05) is 0 Å². The van der Waals surface area contributed by atoms with E-state index in [1.54, 1.807) is 12.1 Å². The standard InChI is InChI=1S/C14H15NO4/c1-2-9-19-13(18)15-14(12(16)17)8-7-10-5-3-4-6-11(10)14/h2-6H,1,7-9H2,(H,15,18)(H,16,17). The van der Waals surface area contributed by atoms with Crippen LogP contribution in [0.25, 0.3) is 0 Å². The van der Waals surface area contributed by atoms with Crippen LogP contribution >= 0.6 is 0 Å². The first kappa shape index (κ1) is 13.1. The summed E-state index contributed by atoms with van der Waals surface area (Å²) in [5.41, 5.74) is 0.168. The summed E-state index contributed by atoms with van der Waals surface area (Å²) < 4.78 is 4.81. The summed E-state index contributed by atoms with van der Waals surface area (Å²) in [6, 6.07) is 7.21. The molecular weight excluding hydrogens is 246 g/mol. The van der Waals surface area contributed by atoms with Gasteiger partial charge in [0.15, 0.2) is 5.54 Å². The second-order valence-corrected chi connectivity index (χ2v) is 4.38. The maximum Gasteiger partial charge on any atom is 0.408 e. The average molecular weight is 261 g/mol. The van der Waals surface area contributed by atoms with Crippen LogP contribution in [0.4, 0.5) is 4.79 Å². The molecule has 0 fully saturated rings. The van der Waals surface area contributed by atoms with Gasteiger partial charge in [-0.15, -0.1) is 0 Å². The van der Waals surface area contributed by atoms with Crippen LogP contribution in [0, 0.1) is 0 Å². The maximum absolute atomic E-state index is 11.6. The lowest BCUT2D eigenvalue weighted by molar-refractivity contribution is -0.145. The van der Waals surface area contributed by atoms with E-state index < -0.39 is 17.6 Å². The summed E-state index contributed by atoms with van der Waals surface area (Å²) in [5, 5.41) is 12.0. The fourth-order valence-electron chi connectivity index (χ4n) is 2.36. The van der Waals surface area contributed by atoms with Crippen LogP contribution in [0.1, 0.15) is 17.5 Å². The molecule has 1 aromatic rings. The minimum Gasteiger partial charge on any atom is -0.479 e. The molecule has 0 saturated heterocycles. The zero-order valence-electron chi connectivity index (χ0n) is 10.4. The number of aryl methyl sites for hydroxylation is 1. The second kappa shape index (κ2) is 5.14. The Morgan fingerprint density at radius 2 is 2.21 bits per heavy atom. The third-order valence-corrected chi connectivity index (χ3v) is 3.26. The molecule has 0 saturated carbocycles. The first-order valence-electron chi connectivity index (χ1n) is 5.98. The number of benzene rings is 1. The van der Waals surface area contributed by atoms with Crippen molar-refractivity contribution in [3.63, 3.8) is 0 Å². The topological polar surface area (TPSA) is 75.6 Å². The number of hydrogen-bond donors (Lipinski definition) is 2. The summed E-state index contributed by atoms with van der Waals surface area (Å²) in [6.07, 6.45) is 1.61. The third kappa shape index (κ3) is 2.31. The Labute approximate surface area is 110 Å². The van der Waals surface area contributed by atoms with Crippen molar-refractivity contribution < 1.29 is 19.4 Å². The fourth-order valence-corrected chi connectivity index (χ4v) is 2.36. The molecule has 2 N–H and O–H groups in total. The molecular formula is C14H15NO4. The van der Waals surface area contributed by atoms with E-state index in [-0.39, 0.29) is 6.61 Å². The summed E-state index contributed by atoms with van der Waals surface area (Å²) in [4.78, 5) is 23.2. The molecule has 0 radical (unpaired) electrons. The van der Waals surface area contributed by atoms with Gasteiger partial charge >= 0.3 is 12.1 Å². The van der Waals surface area contributed by atoms with E-state index in [1.165, 1.54) is 6.08 Å². The monoisotopic (exact) mass is 261 g/mol. The number of aliphatic carboxylic acids is 1. The number of carbonyl (C=O) groups is 2. The molecule has 5 heteroatoms. The van der Waals surface area contributed by atoms with Gasteiger partial charge in [-0.2, -0.15) is 0 Å². The summed E-state index contributed by atoms with van der Waals surface area (Å²) in [6.45, 7) is 3.48. The van der Waals surface area contributed by atoms with Crippen LogP contribution in [-0.4, -0.2) is 23.8 Å². The number of carbonyl (C=O) groups excluding carboxylic acids is 1. The van der Waals surface area contributed by atoms with Gasteiger partial charge in [0.2, 0.25) is 0 Å². The smallest absolute Gasteiger partial charge is 0.408 e. The van der Waals surface area contributed by atoms with Crippen molar-refractivity contribution in [2.24, 2.45) is 0 Å². The number of rotatable bonds is 4. The molecule has 1 amide bonds. The number of carboxylic acid groups (broad SMARTS) is 1. The highest BCUT2D eigenvalue weighted by molar-refractivity contribution is 5.87. The predicted octanol–water partition coefficient (Wildman–Crippen LogP) is 1.82. The fraction of sp³-hybridized carbons (Fsp3) is 0.286. The van der Waals surface area contributed by atoms with E-state index in [1.807, 2.05) is 12.1 Å². The van der Waals surface area contributed by atoms with Gasteiger partial charge in [-0.05, 0) is 24.0 Å². The molecule has 100 valence electrons. The van der Waals surface area contributed by atoms with Gasteiger partial charge in [-0.25, -0.2) is 9.59 Å². The van der Waals surface area contributed by atoms with Crippen LogP contribution < -0.4 is 5.32 Å². The lowest BCUT2D eigenvalue weighted by Gasteiger charge is -2.26. The molecule has 2 rings (SSSR count). The lowest BCUT2D eigenvalue weighted by atomic mass is 9.92. The third-order valence-electron chi connectivity index (χ3n) is 3.26. The van der Waals surface area contributed by atoms with Crippen molar-refractivity contribution in [1.82, 2.24) is 5.32 Å². The number of nitrogens with one attached hydrogen (secondary N) is 1. The molecule has 0 aliphatic heterocycles. The van der Waals surface area contributed by atoms with Crippen molar-refractivity contribution in [1.29, 1.82) is 0 Å². The molecule has 0 bridgehead atoms. The Morgan fingerprint density at radius 1 is 1.47 bits per heavy atom. The highest BCUT2D eigenvalue weighted by atomic mass is 16.5. The highest BCUT2D eigenvalue weighted by Crippen LogP contribution is 2.37. The van der Waals surface area contributed by atoms with E-state index in [2.05, 4.69) is 11.9 Å². The van der Waals surface area contributed by atoms with Crippen molar-refractivity contribution in [2.45, 2.75) is 18.4 Å². The molecule has 1 aromatic carbocycles. The van der Waals surface area contributed by atoms with Crippen molar-refractivity contribution >= 4 is 12.1 Å². The molecule has 5 nitrogen and oxygen atoms in total. The van der Waals surface area contributed by atoms with Crippen LogP contribution in [0.15, 0.2) is 36.9 Å². The first-order valence-corrected chi connectivity index (χ1v) is 5.98. The number of alkyl carbamates (subject to hydrolysis) is 1. The molecule has 19 heavy (non-hydrogen) atoms. The molecule has 0 aromatic heterocycles. The first-order chi connectivity index (χ1) is 9.10. The SMILES string of the molecule is C=CCOC(=O)NC1(C(=O)O)CCc2ccccc21. The molecule has 1 aliphatic rings. The minimum atomic E-state index is -1.39. The number of fused-ring (bicyclic) bond motifs is 1. The van der Waals surface area contributed by atoms with E-state index in [4.69, 9.17) is 4.74 Å². The molecule has 1 aliphatic carbocycles. The Bertz CT molecular complexity index is 526. The lowest BCUT2D eigenvalue weighted by Crippen LogP contribution is -2.50. The largest absolute Gasteiger partial charge is 0.479 e. The molecule has 0 spiro atoms. The number of hydrogen-bond acceptors (Lipinski definition) is 3. The molecule has 1 atom stereocenters. The predicted molar refractivity (Wildman–Crippen MR) is 68.8 cm³/mol. The van der Waals surface area contributed by atoms with Gasteiger partial charge in [0.05, 0.1) is 0 Å². The van der Waals surface area contributed by atoms with E-state index in [0.717, 1.165) is 5.56 Å². The van der Waals surface area contributed by atoms with E-state index >= 15 is 0 Å². The Kier molecular flexibility index (Phi) is 3.55. The van der Waals surface area contributed by atoms with Gasteiger partial charge in [0.1, 0.15) is 6.61 Å². The quantitative estimate of drug-likeness (QED) is 0.811. The summed E-state index contributed by atoms with van der Waals surface area (Å²) >= 11 is 0. The number of amides is 1. The minimum absolute atomic E-state index is 0.0448. The van der Waals surface area contributed by atoms with Crippen molar-refractivity contribution in [3.8, 4) is 0 Å². The van der Waals surface area contributed by atoms with Gasteiger partial charge in [-0.3, -0.25) is 0 Å². The average Bonchev–Trinajstić information content (AvgIpc) is 2.77. The molecule has 1 unspecified atom stereocenters. The summed E-state index contributed by atoms with van der Waals surface area (Å²) in [7, 11) is 0. The Morgan fingerprint density at radius 3 is 2.89 bits per heavy atom. The second-order valence-electron chi connectivity index (χ2n) is 4.38. The number of ether oxygens (including phenoxy) is 1. The van der Waals surface area contributed by atoms with E-state index in [0.29, 0.717) is 18.4 Å². The van der Waals surface area contributed by atoms with Gasteiger partial charge in [0.25, 0.3) is 0 Å². The van der Waals surface area contributed by atoms with Crippen molar-refractivity contribution in [2.75, 3.05) is 6.61 Å². The maximum atomic E-state index is 11.6. The van der Waals surface area contributed by atoms with Gasteiger partial charge in [-0.1, -0.05) is 36.9 Å². The Balaban J connectivity index is 2.28. The summed E-state index contributed by atoms with van der Waals surface area (Å²) in [5.74, 6) is -1.08. The normalized spacial score (nSPS) is 20.4. The Hall–Kier alpha value is -2.30. The van der Waals surface area contributed by atoms with Gasteiger partial charge < -0.3 is 15.2 Å². The zero-order valence-corrected chi connectivity index (χ0v) is 10.4. The molecule has 0 heterocycles. The van der Waals surface area contributed by atoms with Crippen LogP contribution in [-0.2, 0) is 21.5 Å². The number of carboxylic acids is 1. The van der Waals surface area contributed by atoms with Crippen LogP contribution in [0.3, 0.4) is 0 Å².